The average molecular weight is 441 g/mol. The molecule has 1 aliphatic heterocycles. The summed E-state index contributed by atoms with van der Waals surface area (Å²) in [4.78, 5) is 12.7. The summed E-state index contributed by atoms with van der Waals surface area (Å²) in [6.07, 6.45) is 1.71. The predicted molar refractivity (Wildman–Crippen MR) is 112 cm³/mol. The molecule has 0 radical (unpaired) electrons. The van der Waals surface area contributed by atoms with E-state index in [0.29, 0.717) is 29.4 Å². The molecule has 2 heterocycles. The smallest absolute Gasteiger partial charge is 0.257 e. The first kappa shape index (κ1) is 21.2. The second-order valence-corrected chi connectivity index (χ2v) is 11.8. The van der Waals surface area contributed by atoms with E-state index in [1.807, 2.05) is 0 Å². The molecule has 10 heteroatoms. The predicted octanol–water partition coefficient (Wildman–Crippen LogP) is 3.71. The Kier molecular flexibility index (Phi) is 6.74. The van der Waals surface area contributed by atoms with E-state index in [1.165, 1.54) is 27.8 Å². The van der Waals surface area contributed by atoms with Gasteiger partial charge in [0.05, 0.1) is 4.90 Å². The van der Waals surface area contributed by atoms with Crippen LogP contribution in [0.15, 0.2) is 33.5 Å². The number of piperidine rings is 1. The number of nitrogens with one attached hydrogen (secondary N) is 1. The minimum atomic E-state index is -3.60. The Bertz CT molecular complexity index is 935. The summed E-state index contributed by atoms with van der Waals surface area (Å²) in [6, 6.07) is 6.14. The van der Waals surface area contributed by atoms with E-state index in [9.17, 15) is 13.2 Å². The number of amides is 1. The van der Waals surface area contributed by atoms with Crippen LogP contribution in [0.1, 0.15) is 44.0 Å². The number of thioether (sulfide) groups is 1. The highest BCUT2D eigenvalue weighted by molar-refractivity contribution is 8.01. The Morgan fingerprint density at radius 3 is 2.68 bits per heavy atom. The van der Waals surface area contributed by atoms with Crippen LogP contribution in [-0.4, -0.2) is 47.2 Å². The molecule has 3 rings (SSSR count). The number of rotatable bonds is 6. The van der Waals surface area contributed by atoms with E-state index in [1.54, 1.807) is 23.9 Å². The van der Waals surface area contributed by atoms with Crippen LogP contribution in [0.3, 0.4) is 0 Å². The lowest BCUT2D eigenvalue weighted by Crippen LogP contribution is -2.37. The molecule has 1 amide bonds. The molecule has 0 unspecified atom stereocenters. The van der Waals surface area contributed by atoms with Crippen molar-refractivity contribution in [3.63, 3.8) is 0 Å². The van der Waals surface area contributed by atoms with Crippen molar-refractivity contribution in [3.05, 3.63) is 29.8 Å². The zero-order chi connectivity index (χ0) is 20.3. The van der Waals surface area contributed by atoms with Gasteiger partial charge in [-0.2, -0.15) is 4.31 Å². The van der Waals surface area contributed by atoms with Crippen molar-refractivity contribution in [2.75, 3.05) is 18.4 Å². The van der Waals surface area contributed by atoms with Gasteiger partial charge in [-0.25, -0.2) is 8.42 Å². The van der Waals surface area contributed by atoms with Crippen molar-refractivity contribution >= 4 is 44.2 Å². The van der Waals surface area contributed by atoms with Gasteiger partial charge in [-0.15, -0.1) is 10.2 Å². The molecule has 1 fully saturated rings. The molecule has 1 N–H and O–H groups in total. The Hall–Kier alpha value is -1.49. The van der Waals surface area contributed by atoms with Gasteiger partial charge in [0, 0.05) is 23.9 Å². The monoisotopic (exact) mass is 440 g/mol. The number of aromatic nitrogens is 2. The van der Waals surface area contributed by atoms with Crippen molar-refractivity contribution < 1.29 is 13.2 Å². The van der Waals surface area contributed by atoms with Gasteiger partial charge in [-0.3, -0.25) is 10.1 Å². The first-order valence-electron chi connectivity index (χ1n) is 9.17. The zero-order valence-corrected chi connectivity index (χ0v) is 18.5. The Labute approximate surface area is 174 Å². The summed E-state index contributed by atoms with van der Waals surface area (Å²) in [5.41, 5.74) is 0.278. The van der Waals surface area contributed by atoms with Gasteiger partial charge in [0.25, 0.3) is 5.91 Å². The van der Waals surface area contributed by atoms with Gasteiger partial charge in [-0.05, 0) is 37.0 Å². The molecule has 1 aromatic carbocycles. The summed E-state index contributed by atoms with van der Waals surface area (Å²) in [7, 11) is -3.60. The molecule has 7 nitrogen and oxygen atoms in total. The Balaban J connectivity index is 1.73. The van der Waals surface area contributed by atoms with Gasteiger partial charge < -0.3 is 0 Å². The second-order valence-electron chi connectivity index (χ2n) is 7.11. The van der Waals surface area contributed by atoms with E-state index < -0.39 is 15.9 Å². The van der Waals surface area contributed by atoms with Crippen molar-refractivity contribution in [2.24, 2.45) is 5.92 Å². The van der Waals surface area contributed by atoms with Crippen LogP contribution >= 0.6 is 23.1 Å². The Morgan fingerprint density at radius 2 is 2.00 bits per heavy atom. The molecule has 0 saturated carbocycles. The lowest BCUT2D eigenvalue weighted by molar-refractivity contribution is 0.102. The zero-order valence-electron chi connectivity index (χ0n) is 16.1. The Morgan fingerprint density at radius 1 is 1.29 bits per heavy atom. The largest absolute Gasteiger partial charge is 0.296 e. The third kappa shape index (κ3) is 5.11. The highest BCUT2D eigenvalue weighted by atomic mass is 32.2. The van der Waals surface area contributed by atoms with E-state index in [-0.39, 0.29) is 10.5 Å². The van der Waals surface area contributed by atoms with E-state index in [2.05, 4.69) is 36.3 Å². The summed E-state index contributed by atoms with van der Waals surface area (Å²) < 4.78 is 28.1. The third-order valence-electron chi connectivity index (χ3n) is 4.44. The first-order chi connectivity index (χ1) is 13.3. The fraction of sp³-hybridized carbons (Fsp3) is 0.500. The maximum atomic E-state index is 12.9. The van der Waals surface area contributed by atoms with Crippen molar-refractivity contribution in [1.82, 2.24) is 14.5 Å². The number of hydrogen-bond donors (Lipinski definition) is 1. The highest BCUT2D eigenvalue weighted by Crippen LogP contribution is 2.29. The molecule has 2 aromatic rings. The SMILES string of the molecule is CC1CCN(S(=O)(=O)c2cccc(C(=O)Nc3nnc(SC(C)C)s3)c2)CC1. The van der Waals surface area contributed by atoms with Crippen molar-refractivity contribution in [1.29, 1.82) is 0 Å². The number of benzene rings is 1. The maximum Gasteiger partial charge on any atom is 0.257 e. The average Bonchev–Trinajstić information content (AvgIpc) is 3.08. The minimum absolute atomic E-state index is 0.142. The fourth-order valence-electron chi connectivity index (χ4n) is 2.85. The van der Waals surface area contributed by atoms with Crippen LogP contribution in [0.2, 0.25) is 0 Å². The number of sulfonamides is 1. The minimum Gasteiger partial charge on any atom is -0.296 e. The topological polar surface area (TPSA) is 92.3 Å². The fourth-order valence-corrected chi connectivity index (χ4v) is 6.34. The third-order valence-corrected chi connectivity index (χ3v) is 8.26. The van der Waals surface area contributed by atoms with Crippen LogP contribution < -0.4 is 5.32 Å². The highest BCUT2D eigenvalue weighted by Gasteiger charge is 2.28. The van der Waals surface area contributed by atoms with Crippen LogP contribution in [0.5, 0.6) is 0 Å². The molecule has 152 valence electrons. The standard InChI is InChI=1S/C18H24N4O3S3/c1-12(2)26-18-21-20-17(27-18)19-16(23)14-5-4-6-15(11-14)28(24,25)22-9-7-13(3)8-10-22/h4-6,11-13H,7-10H2,1-3H3,(H,19,20,23). The van der Waals surface area contributed by atoms with E-state index >= 15 is 0 Å². The summed E-state index contributed by atoms with van der Waals surface area (Å²) >= 11 is 2.87. The summed E-state index contributed by atoms with van der Waals surface area (Å²) in [6.45, 7) is 7.27. The molecule has 0 spiro atoms. The maximum absolute atomic E-state index is 12.9. The molecule has 0 atom stereocenters. The first-order valence-corrected chi connectivity index (χ1v) is 12.3. The molecular weight excluding hydrogens is 416 g/mol. The number of carbonyl (C=O) groups excluding carboxylic acids is 1. The van der Waals surface area contributed by atoms with Gasteiger partial charge >= 0.3 is 0 Å². The quantitative estimate of drug-likeness (QED) is 0.544. The number of carbonyl (C=O) groups is 1. The van der Waals surface area contributed by atoms with E-state index in [4.69, 9.17) is 0 Å². The number of anilines is 1. The van der Waals surface area contributed by atoms with E-state index in [0.717, 1.165) is 17.2 Å². The molecule has 0 aliphatic carbocycles. The molecule has 1 saturated heterocycles. The molecular formula is C18H24N4O3S3. The molecule has 1 aromatic heterocycles. The van der Waals surface area contributed by atoms with Gasteiger partial charge in [0.15, 0.2) is 4.34 Å². The van der Waals surface area contributed by atoms with Crippen LogP contribution in [0, 0.1) is 5.92 Å². The van der Waals surface area contributed by atoms with Gasteiger partial charge in [-0.1, -0.05) is 49.9 Å². The van der Waals surface area contributed by atoms with Crippen LogP contribution in [0.4, 0.5) is 5.13 Å². The normalized spacial score (nSPS) is 16.4. The van der Waals surface area contributed by atoms with Crippen LogP contribution in [-0.2, 0) is 10.0 Å². The van der Waals surface area contributed by atoms with Gasteiger partial charge in [0.1, 0.15) is 0 Å². The lowest BCUT2D eigenvalue weighted by Gasteiger charge is -2.29. The molecule has 28 heavy (non-hydrogen) atoms. The lowest BCUT2D eigenvalue weighted by atomic mass is 10.0. The molecule has 0 bridgehead atoms. The van der Waals surface area contributed by atoms with Gasteiger partial charge in [0.2, 0.25) is 15.2 Å². The summed E-state index contributed by atoms with van der Waals surface area (Å²) in [5, 5.41) is 11.5. The van der Waals surface area contributed by atoms with Crippen molar-refractivity contribution in [3.8, 4) is 0 Å². The number of hydrogen-bond acceptors (Lipinski definition) is 7. The number of nitrogens with zero attached hydrogens (tertiary/aromatic N) is 3. The second kappa shape index (κ2) is 8.89. The summed E-state index contributed by atoms with van der Waals surface area (Å²) in [5.74, 6) is 0.135. The van der Waals surface area contributed by atoms with Crippen molar-refractivity contribution in [2.45, 2.75) is 48.1 Å². The van der Waals surface area contributed by atoms with Crippen LogP contribution in [0.25, 0.3) is 0 Å². The molecule has 1 aliphatic rings.